The van der Waals surface area contributed by atoms with E-state index in [-0.39, 0.29) is 0 Å². The molecule has 0 bridgehead atoms. The quantitative estimate of drug-likeness (QED) is 0.506. The summed E-state index contributed by atoms with van der Waals surface area (Å²) in [5.74, 6) is 0. The Morgan fingerprint density at radius 3 is 2.47 bits per heavy atom. The van der Waals surface area contributed by atoms with Gasteiger partial charge >= 0.3 is 6.09 Å². The zero-order valence-corrected chi connectivity index (χ0v) is 9.63. The molecule has 1 amide bonds. The van der Waals surface area contributed by atoms with Crippen LogP contribution < -0.4 is 10.6 Å². The summed E-state index contributed by atoms with van der Waals surface area (Å²) in [6.45, 7) is 7.21. The average molecular weight is 216 g/mol. The van der Waals surface area contributed by atoms with Gasteiger partial charge in [-0.3, -0.25) is 0 Å². The van der Waals surface area contributed by atoms with Crippen molar-refractivity contribution in [1.29, 1.82) is 0 Å². The van der Waals surface area contributed by atoms with Crippen molar-refractivity contribution < 1.29 is 14.3 Å². The Balaban J connectivity index is 3.36. The van der Waals surface area contributed by atoms with Gasteiger partial charge < -0.3 is 20.2 Å². The molecule has 0 spiro atoms. The molecule has 0 aromatic heterocycles. The maximum Gasteiger partial charge on any atom is 0.407 e. The summed E-state index contributed by atoms with van der Waals surface area (Å²) in [5.41, 5.74) is -0.463. The van der Waals surface area contributed by atoms with Gasteiger partial charge in [0.2, 0.25) is 0 Å². The number of nitrogens with one attached hydrogen (secondary N) is 2. The number of aldehydes is 1. The van der Waals surface area contributed by atoms with E-state index < -0.39 is 11.7 Å². The van der Waals surface area contributed by atoms with Gasteiger partial charge in [-0.05, 0) is 20.8 Å². The second kappa shape index (κ2) is 7.23. The van der Waals surface area contributed by atoms with E-state index in [0.29, 0.717) is 26.1 Å². The van der Waals surface area contributed by atoms with Crippen LogP contribution in [0.3, 0.4) is 0 Å². The molecular formula is C10H20N2O3. The van der Waals surface area contributed by atoms with Crippen molar-refractivity contribution in [2.24, 2.45) is 0 Å². The van der Waals surface area contributed by atoms with Crippen molar-refractivity contribution in [3.05, 3.63) is 0 Å². The van der Waals surface area contributed by atoms with E-state index in [1.54, 1.807) is 0 Å². The first kappa shape index (κ1) is 13.9. The van der Waals surface area contributed by atoms with E-state index in [2.05, 4.69) is 10.6 Å². The number of hydrogen-bond donors (Lipinski definition) is 2. The van der Waals surface area contributed by atoms with Gasteiger partial charge in [-0.1, -0.05) is 0 Å². The van der Waals surface area contributed by atoms with E-state index in [4.69, 9.17) is 4.74 Å². The van der Waals surface area contributed by atoms with Gasteiger partial charge in [-0.2, -0.15) is 0 Å². The van der Waals surface area contributed by atoms with Crippen LogP contribution in [0.25, 0.3) is 0 Å². The molecule has 5 nitrogen and oxygen atoms in total. The number of hydrogen-bond acceptors (Lipinski definition) is 4. The molecule has 0 rings (SSSR count). The molecule has 0 aliphatic heterocycles. The third-order valence-corrected chi connectivity index (χ3v) is 1.41. The summed E-state index contributed by atoms with van der Waals surface area (Å²) in [6, 6.07) is 0. The molecule has 88 valence electrons. The predicted molar refractivity (Wildman–Crippen MR) is 57.8 cm³/mol. The summed E-state index contributed by atoms with van der Waals surface area (Å²) >= 11 is 0. The lowest BCUT2D eigenvalue weighted by Crippen LogP contribution is -2.36. The molecule has 0 aromatic rings. The van der Waals surface area contributed by atoms with Gasteiger partial charge in [0.05, 0.1) is 0 Å². The molecule has 0 aliphatic rings. The SMILES string of the molecule is CC(C)(C)OC(=O)NCCNCCC=O. The smallest absolute Gasteiger partial charge is 0.407 e. The standard InChI is InChI=1S/C10H20N2O3/c1-10(2,3)15-9(14)12-7-6-11-5-4-8-13/h8,11H,4-7H2,1-3H3,(H,12,14). The lowest BCUT2D eigenvalue weighted by atomic mass is 10.2. The molecule has 0 aromatic carbocycles. The predicted octanol–water partition coefficient (Wildman–Crippen LogP) is 0.690. The molecular weight excluding hydrogens is 196 g/mol. The van der Waals surface area contributed by atoms with Gasteiger partial charge in [-0.15, -0.1) is 0 Å². The highest BCUT2D eigenvalue weighted by molar-refractivity contribution is 5.67. The first-order valence-corrected chi connectivity index (χ1v) is 5.07. The number of alkyl carbamates (subject to hydrolysis) is 1. The third kappa shape index (κ3) is 10.8. The van der Waals surface area contributed by atoms with Crippen molar-refractivity contribution in [2.75, 3.05) is 19.6 Å². The van der Waals surface area contributed by atoms with Crippen molar-refractivity contribution in [3.8, 4) is 0 Å². The minimum absolute atomic E-state index is 0.417. The largest absolute Gasteiger partial charge is 0.444 e. The molecule has 0 saturated carbocycles. The van der Waals surface area contributed by atoms with Crippen LogP contribution in [0.5, 0.6) is 0 Å². The van der Waals surface area contributed by atoms with E-state index in [0.717, 1.165) is 6.29 Å². The molecule has 0 heterocycles. The highest BCUT2D eigenvalue weighted by Gasteiger charge is 2.15. The minimum atomic E-state index is -0.463. The Morgan fingerprint density at radius 1 is 1.27 bits per heavy atom. The Hall–Kier alpha value is -1.10. The van der Waals surface area contributed by atoms with E-state index in [1.807, 2.05) is 20.8 Å². The molecule has 0 saturated heterocycles. The highest BCUT2D eigenvalue weighted by Crippen LogP contribution is 2.05. The van der Waals surface area contributed by atoms with Crippen LogP contribution in [-0.4, -0.2) is 37.6 Å². The fourth-order valence-electron chi connectivity index (χ4n) is 0.853. The van der Waals surface area contributed by atoms with Gasteiger partial charge in [0.15, 0.2) is 0 Å². The number of rotatable bonds is 6. The van der Waals surface area contributed by atoms with Crippen LogP contribution in [-0.2, 0) is 9.53 Å². The average Bonchev–Trinajstić information content (AvgIpc) is 2.08. The van der Waals surface area contributed by atoms with Crippen LogP contribution in [0.15, 0.2) is 0 Å². The summed E-state index contributed by atoms with van der Waals surface area (Å²) in [7, 11) is 0. The highest BCUT2D eigenvalue weighted by atomic mass is 16.6. The molecule has 15 heavy (non-hydrogen) atoms. The van der Waals surface area contributed by atoms with Gasteiger partial charge in [0, 0.05) is 26.1 Å². The number of ether oxygens (including phenoxy) is 1. The first-order chi connectivity index (χ1) is 6.95. The van der Waals surface area contributed by atoms with E-state index in [1.165, 1.54) is 0 Å². The van der Waals surface area contributed by atoms with E-state index >= 15 is 0 Å². The second-order valence-corrected chi connectivity index (χ2v) is 4.13. The van der Waals surface area contributed by atoms with Crippen LogP contribution in [0.4, 0.5) is 4.79 Å². The van der Waals surface area contributed by atoms with Crippen LogP contribution in [0.2, 0.25) is 0 Å². The van der Waals surface area contributed by atoms with Crippen LogP contribution >= 0.6 is 0 Å². The van der Waals surface area contributed by atoms with Crippen molar-refractivity contribution >= 4 is 12.4 Å². The summed E-state index contributed by atoms with van der Waals surface area (Å²) < 4.78 is 5.03. The zero-order valence-electron chi connectivity index (χ0n) is 9.63. The third-order valence-electron chi connectivity index (χ3n) is 1.41. The maximum atomic E-state index is 11.1. The monoisotopic (exact) mass is 216 g/mol. The Kier molecular flexibility index (Phi) is 6.70. The van der Waals surface area contributed by atoms with Gasteiger partial charge in [-0.25, -0.2) is 4.79 Å². The van der Waals surface area contributed by atoms with Gasteiger partial charge in [0.25, 0.3) is 0 Å². The molecule has 0 aliphatic carbocycles. The lowest BCUT2D eigenvalue weighted by Gasteiger charge is -2.19. The van der Waals surface area contributed by atoms with Crippen LogP contribution in [0, 0.1) is 0 Å². The summed E-state index contributed by atoms with van der Waals surface area (Å²) in [4.78, 5) is 21.1. The zero-order chi connectivity index (χ0) is 11.7. The topological polar surface area (TPSA) is 67.4 Å². The molecule has 0 unspecified atom stereocenters. The normalized spacial score (nSPS) is 10.9. The fourth-order valence-corrected chi connectivity index (χ4v) is 0.853. The maximum absolute atomic E-state index is 11.1. The van der Waals surface area contributed by atoms with Gasteiger partial charge in [0.1, 0.15) is 11.9 Å². The fraction of sp³-hybridized carbons (Fsp3) is 0.800. The Bertz CT molecular complexity index is 199. The molecule has 0 fully saturated rings. The second-order valence-electron chi connectivity index (χ2n) is 4.13. The van der Waals surface area contributed by atoms with Crippen molar-refractivity contribution in [3.63, 3.8) is 0 Å². The molecule has 0 radical (unpaired) electrons. The number of amides is 1. The van der Waals surface area contributed by atoms with E-state index in [9.17, 15) is 9.59 Å². The Morgan fingerprint density at radius 2 is 1.93 bits per heavy atom. The van der Waals surface area contributed by atoms with Crippen molar-refractivity contribution in [1.82, 2.24) is 10.6 Å². The Labute approximate surface area is 90.6 Å². The molecule has 0 atom stereocenters. The summed E-state index contributed by atoms with van der Waals surface area (Å²) in [6.07, 6.45) is 0.931. The minimum Gasteiger partial charge on any atom is -0.444 e. The molecule has 2 N–H and O–H groups in total. The number of carbonyl (C=O) groups is 2. The lowest BCUT2D eigenvalue weighted by molar-refractivity contribution is -0.107. The van der Waals surface area contributed by atoms with Crippen molar-refractivity contribution in [2.45, 2.75) is 32.8 Å². The number of carbonyl (C=O) groups excluding carboxylic acids is 2. The summed E-state index contributed by atoms with van der Waals surface area (Å²) in [5, 5.41) is 5.61. The van der Waals surface area contributed by atoms with Crippen LogP contribution in [0.1, 0.15) is 27.2 Å². The molecule has 5 heteroatoms. The first-order valence-electron chi connectivity index (χ1n) is 5.07.